The fraction of sp³-hybridized carbons (Fsp3) is 0.564. The molecule has 422 valence electrons. The number of carbonyl (C=O) groups is 9. The number of carboxylic acid groups (broad SMARTS) is 1. The highest BCUT2D eigenvalue weighted by atomic mass is 19.1. The predicted molar refractivity (Wildman–Crippen MR) is 284 cm³/mol. The molecule has 0 saturated carbocycles. The molecular weight excluding hydrogens is 1000 g/mol. The molecule has 1 aliphatic rings. The van der Waals surface area contributed by atoms with E-state index in [1.165, 1.54) is 22.1 Å². The molecule has 77 heavy (non-hydrogen) atoms. The van der Waals surface area contributed by atoms with Crippen molar-refractivity contribution in [3.63, 3.8) is 0 Å². The van der Waals surface area contributed by atoms with E-state index in [9.17, 15) is 53.1 Å². The molecule has 21 nitrogen and oxygen atoms in total. The minimum Gasteiger partial charge on any atom is -0.477 e. The fourth-order valence-corrected chi connectivity index (χ4v) is 8.37. The summed E-state index contributed by atoms with van der Waals surface area (Å²) in [5, 5.41) is 17.4. The van der Waals surface area contributed by atoms with Crippen LogP contribution in [-0.2, 0) is 62.6 Å². The van der Waals surface area contributed by atoms with Crippen molar-refractivity contribution in [1.29, 1.82) is 0 Å². The van der Waals surface area contributed by atoms with Crippen molar-refractivity contribution in [2.75, 3.05) is 51.7 Å². The van der Waals surface area contributed by atoms with Crippen molar-refractivity contribution in [3.8, 4) is 0 Å². The van der Waals surface area contributed by atoms with Crippen LogP contribution in [0.3, 0.4) is 0 Å². The average molecular weight is 1080 g/mol. The van der Waals surface area contributed by atoms with Crippen LogP contribution < -0.4 is 26.3 Å². The quantitative estimate of drug-likeness (QED) is 0.0634. The standard InChI is InChI=1S/C55H76FN7O14/c1-12-61-31-38(51(71)72)49(69)37-27-39(56)43(29-42(37)61)62-22-24-63(25-23-62)53(74)75-32-35-18-16-34(17-19-35)26-44(64)41(30-57-52(73)77-55(7,8)9)59-50(70)36(33(2)3)28-45(65)40(20-21-48(68)76-54(4,5)6)58-46(66)14-13-15-47(67)60(10)11/h16-19,27,29,31,33,36,40-41H,12-15,20-26,28,30,32H2,1-11H3,(H,57,73)(H,58,66)(H,59,70)(H,71,72)/t36-,40-,41-/m0/s1. The Morgan fingerprint density at radius 2 is 1.43 bits per heavy atom. The summed E-state index contributed by atoms with van der Waals surface area (Å²) in [6.07, 6.45) is -0.848. The number of Topliss-reactive ketones (excluding diaryl/α,β-unsaturated/α-hetero) is 2. The number of hydrogen-bond donors (Lipinski definition) is 4. The molecular formula is C55H76FN7O14. The summed E-state index contributed by atoms with van der Waals surface area (Å²) < 4.78 is 33.4. The van der Waals surface area contributed by atoms with E-state index < -0.39 is 99.4 Å². The van der Waals surface area contributed by atoms with Gasteiger partial charge in [0.2, 0.25) is 23.2 Å². The summed E-state index contributed by atoms with van der Waals surface area (Å²) >= 11 is 0. The van der Waals surface area contributed by atoms with E-state index in [0.29, 0.717) is 23.2 Å². The monoisotopic (exact) mass is 1080 g/mol. The van der Waals surface area contributed by atoms with E-state index in [-0.39, 0.29) is 101 Å². The van der Waals surface area contributed by atoms with E-state index in [2.05, 4.69) is 16.0 Å². The molecule has 0 unspecified atom stereocenters. The third kappa shape index (κ3) is 19.3. The molecule has 5 amide bonds. The summed E-state index contributed by atoms with van der Waals surface area (Å²) in [6.45, 7) is 16.0. The summed E-state index contributed by atoms with van der Waals surface area (Å²) in [5.74, 6) is -6.56. The lowest BCUT2D eigenvalue weighted by Crippen LogP contribution is -2.52. The van der Waals surface area contributed by atoms with Crippen molar-refractivity contribution < 1.29 is 66.9 Å². The second kappa shape index (κ2) is 27.6. The topological polar surface area (TPSA) is 269 Å². The van der Waals surface area contributed by atoms with E-state index in [1.54, 1.807) is 110 Å². The van der Waals surface area contributed by atoms with Crippen molar-refractivity contribution in [2.24, 2.45) is 11.8 Å². The largest absolute Gasteiger partial charge is 0.477 e. The number of carbonyl (C=O) groups excluding carboxylic acids is 8. The molecule has 2 heterocycles. The first-order chi connectivity index (χ1) is 36.0. The molecule has 22 heteroatoms. The number of ether oxygens (including phenoxy) is 3. The van der Waals surface area contributed by atoms with E-state index in [1.807, 2.05) is 0 Å². The Kier molecular flexibility index (Phi) is 22.3. The maximum atomic E-state index is 15.4. The van der Waals surface area contributed by atoms with Crippen LogP contribution in [0.4, 0.5) is 19.7 Å². The minimum absolute atomic E-state index is 0.0482. The van der Waals surface area contributed by atoms with Gasteiger partial charge in [0.1, 0.15) is 35.2 Å². The number of nitrogens with one attached hydrogen (secondary N) is 3. The number of alkyl carbamates (subject to hydrolysis) is 1. The van der Waals surface area contributed by atoms with Crippen molar-refractivity contribution in [3.05, 3.63) is 75.3 Å². The molecule has 3 aromatic rings. The average Bonchev–Trinajstić information content (AvgIpc) is 3.34. The number of fused-ring (bicyclic) bond motifs is 1. The number of benzene rings is 2. The number of aryl methyl sites for hydroxylation is 1. The summed E-state index contributed by atoms with van der Waals surface area (Å²) in [5.41, 5.74) is -1.19. The van der Waals surface area contributed by atoms with Gasteiger partial charge in [-0.1, -0.05) is 38.1 Å². The Morgan fingerprint density at radius 3 is 2.00 bits per heavy atom. The number of esters is 1. The number of piperazine rings is 1. The normalized spacial score (nSPS) is 14.0. The van der Waals surface area contributed by atoms with Crippen molar-refractivity contribution in [2.45, 2.75) is 144 Å². The fourth-order valence-electron chi connectivity index (χ4n) is 8.37. The van der Waals surface area contributed by atoms with E-state index in [4.69, 9.17) is 14.2 Å². The van der Waals surface area contributed by atoms with Crippen LogP contribution >= 0.6 is 0 Å². The first kappa shape index (κ1) is 62.2. The Morgan fingerprint density at radius 1 is 0.805 bits per heavy atom. The van der Waals surface area contributed by atoms with Crippen LogP contribution in [0.25, 0.3) is 10.9 Å². The molecule has 4 N–H and O–H groups in total. The highest BCUT2D eigenvalue weighted by molar-refractivity contribution is 5.96. The molecule has 1 aromatic heterocycles. The number of hydrogen-bond acceptors (Lipinski definition) is 14. The predicted octanol–water partition coefficient (Wildman–Crippen LogP) is 5.54. The number of amides is 5. The van der Waals surface area contributed by atoms with Gasteiger partial charge < -0.3 is 54.5 Å². The first-order valence-electron chi connectivity index (χ1n) is 25.8. The molecule has 4 rings (SSSR count). The zero-order chi connectivity index (χ0) is 57.5. The second-order valence-corrected chi connectivity index (χ2v) is 21.6. The number of carboxylic acids is 1. The molecule has 1 saturated heterocycles. The van der Waals surface area contributed by atoms with Crippen molar-refractivity contribution >= 4 is 70.0 Å². The number of anilines is 1. The molecule has 0 aliphatic carbocycles. The van der Waals surface area contributed by atoms with Gasteiger partial charge >= 0.3 is 24.1 Å². The Hall–Kier alpha value is -7.39. The number of halogens is 1. The number of rotatable bonds is 24. The van der Waals surface area contributed by atoms with Crippen LogP contribution in [0.1, 0.15) is 122 Å². The third-order valence-corrected chi connectivity index (χ3v) is 12.6. The number of ketones is 2. The SMILES string of the molecule is CCn1cc(C(=O)O)c(=O)c2cc(F)c(N3CCN(C(=O)OCc4ccc(CC(=O)[C@H](CNC(=O)OC(C)(C)C)NC(=O)[C@@H](CC(=O)[C@H](CCC(=O)OC(C)(C)C)NC(=O)CCCC(=O)N(C)C)C(C)C)cc4)CC3)cc21. The molecule has 1 fully saturated rings. The van der Waals surface area contributed by atoms with Crippen LogP contribution in [0, 0.1) is 17.7 Å². The van der Waals surface area contributed by atoms with Gasteiger partial charge in [-0.05, 0) is 90.5 Å². The van der Waals surface area contributed by atoms with Gasteiger partial charge in [-0.15, -0.1) is 0 Å². The van der Waals surface area contributed by atoms with Crippen LogP contribution in [0.15, 0.2) is 47.4 Å². The Bertz CT molecular complexity index is 2700. The maximum Gasteiger partial charge on any atom is 0.410 e. The maximum absolute atomic E-state index is 15.4. The summed E-state index contributed by atoms with van der Waals surface area (Å²) in [6, 6.07) is 6.73. The third-order valence-electron chi connectivity index (χ3n) is 12.6. The summed E-state index contributed by atoms with van der Waals surface area (Å²) in [4.78, 5) is 135. The lowest BCUT2D eigenvalue weighted by molar-refractivity contribution is -0.155. The second-order valence-electron chi connectivity index (χ2n) is 21.6. The summed E-state index contributed by atoms with van der Waals surface area (Å²) in [7, 11) is 3.20. The molecule has 1 aliphatic heterocycles. The van der Waals surface area contributed by atoms with Gasteiger partial charge in [0.15, 0.2) is 11.6 Å². The number of nitrogens with zero attached hydrogens (tertiary/aromatic N) is 4. The first-order valence-corrected chi connectivity index (χ1v) is 25.8. The van der Waals surface area contributed by atoms with Gasteiger partial charge in [0, 0.05) is 103 Å². The van der Waals surface area contributed by atoms with E-state index >= 15 is 4.39 Å². The number of pyridine rings is 1. The smallest absolute Gasteiger partial charge is 0.410 e. The molecule has 3 atom stereocenters. The highest BCUT2D eigenvalue weighted by Crippen LogP contribution is 2.27. The van der Waals surface area contributed by atoms with Crippen molar-refractivity contribution in [1.82, 2.24) is 30.3 Å². The van der Waals surface area contributed by atoms with Gasteiger partial charge in [-0.3, -0.25) is 33.6 Å². The highest BCUT2D eigenvalue weighted by Gasteiger charge is 2.34. The zero-order valence-corrected chi connectivity index (χ0v) is 46.2. The van der Waals surface area contributed by atoms with Crippen LogP contribution in [0.5, 0.6) is 0 Å². The van der Waals surface area contributed by atoms with Crippen LogP contribution in [-0.4, -0.2) is 143 Å². The molecule has 0 bridgehead atoms. The molecule has 0 spiro atoms. The number of aromatic carboxylic acids is 1. The minimum atomic E-state index is -1.40. The van der Waals surface area contributed by atoms with Gasteiger partial charge in [-0.2, -0.15) is 0 Å². The Balaban J connectivity index is 1.41. The van der Waals surface area contributed by atoms with E-state index in [0.717, 1.165) is 6.07 Å². The van der Waals surface area contributed by atoms with Gasteiger partial charge in [-0.25, -0.2) is 18.8 Å². The van der Waals surface area contributed by atoms with Gasteiger partial charge in [0.05, 0.1) is 17.2 Å². The lowest BCUT2D eigenvalue weighted by Gasteiger charge is -2.35. The zero-order valence-electron chi connectivity index (χ0n) is 46.2. The van der Waals surface area contributed by atoms with Gasteiger partial charge in [0.25, 0.3) is 0 Å². The Labute approximate surface area is 448 Å². The lowest BCUT2D eigenvalue weighted by atomic mass is 9.86. The van der Waals surface area contributed by atoms with Crippen LogP contribution in [0.2, 0.25) is 0 Å². The molecule has 2 aromatic carbocycles. The molecule has 0 radical (unpaired) electrons. The number of aromatic nitrogens is 1.